The fraction of sp³-hybridized carbons (Fsp3) is 0.579. The van der Waals surface area contributed by atoms with Crippen LogP contribution in [0.15, 0.2) is 24.3 Å². The summed E-state index contributed by atoms with van der Waals surface area (Å²) in [4.78, 5) is 27.8. The number of nitrogens with one attached hydrogen (secondary N) is 1. The van der Waals surface area contributed by atoms with Gasteiger partial charge in [0.2, 0.25) is 11.8 Å². The van der Waals surface area contributed by atoms with Gasteiger partial charge in [0.15, 0.2) is 0 Å². The first-order valence-electron chi connectivity index (χ1n) is 8.72. The van der Waals surface area contributed by atoms with E-state index in [1.54, 1.807) is 19.0 Å². The quantitative estimate of drug-likeness (QED) is 0.858. The summed E-state index contributed by atoms with van der Waals surface area (Å²) in [7, 11) is 3.60. The molecule has 0 radical (unpaired) electrons. The number of carbonyl (C=O) groups is 2. The van der Waals surface area contributed by atoms with Gasteiger partial charge in [0.05, 0.1) is 6.54 Å². The van der Waals surface area contributed by atoms with E-state index in [2.05, 4.69) is 29.3 Å². The largest absolute Gasteiger partial charge is 0.355 e. The van der Waals surface area contributed by atoms with Crippen LogP contribution in [-0.4, -0.2) is 61.9 Å². The number of hydrogen-bond donors (Lipinski definition) is 1. The Kier molecular flexibility index (Phi) is 6.79. The highest BCUT2D eigenvalue weighted by Gasteiger charge is 2.26. The van der Waals surface area contributed by atoms with Crippen molar-refractivity contribution in [2.45, 2.75) is 26.2 Å². The monoisotopic (exact) mass is 331 g/mol. The van der Waals surface area contributed by atoms with Crippen molar-refractivity contribution in [1.29, 1.82) is 0 Å². The van der Waals surface area contributed by atoms with Gasteiger partial charge in [-0.15, -0.1) is 0 Å². The van der Waals surface area contributed by atoms with Crippen molar-refractivity contribution in [1.82, 2.24) is 15.1 Å². The molecule has 5 nitrogen and oxygen atoms in total. The minimum atomic E-state index is 0.0703. The van der Waals surface area contributed by atoms with E-state index >= 15 is 0 Å². The Labute approximate surface area is 145 Å². The van der Waals surface area contributed by atoms with Crippen molar-refractivity contribution in [3.63, 3.8) is 0 Å². The average Bonchev–Trinajstić information content (AvgIpc) is 2.56. The molecule has 1 saturated heterocycles. The van der Waals surface area contributed by atoms with E-state index < -0.39 is 0 Å². The number of amides is 2. The van der Waals surface area contributed by atoms with Gasteiger partial charge in [-0.3, -0.25) is 14.5 Å². The van der Waals surface area contributed by atoms with Gasteiger partial charge in [-0.1, -0.05) is 24.3 Å². The third-order valence-corrected chi connectivity index (χ3v) is 4.72. The van der Waals surface area contributed by atoms with Crippen molar-refractivity contribution < 1.29 is 9.59 Å². The molecule has 1 N–H and O–H groups in total. The van der Waals surface area contributed by atoms with Crippen LogP contribution in [0.2, 0.25) is 0 Å². The summed E-state index contributed by atoms with van der Waals surface area (Å²) >= 11 is 0. The number of aryl methyl sites for hydroxylation is 1. The van der Waals surface area contributed by atoms with Crippen molar-refractivity contribution in [2.75, 3.05) is 40.3 Å². The number of rotatable bonds is 6. The highest BCUT2D eigenvalue weighted by atomic mass is 16.2. The van der Waals surface area contributed by atoms with Crippen LogP contribution in [-0.2, 0) is 16.0 Å². The molecular formula is C19H29N3O2. The number of nitrogens with zero attached hydrogens (tertiary/aromatic N) is 2. The first-order valence-corrected chi connectivity index (χ1v) is 8.72. The molecule has 0 atom stereocenters. The Bertz CT molecular complexity index is 563. The first-order chi connectivity index (χ1) is 11.5. The summed E-state index contributed by atoms with van der Waals surface area (Å²) in [5.74, 6) is 0.388. The number of piperidine rings is 1. The third kappa shape index (κ3) is 5.34. The highest BCUT2D eigenvalue weighted by Crippen LogP contribution is 2.18. The van der Waals surface area contributed by atoms with Gasteiger partial charge in [-0.2, -0.15) is 0 Å². The number of benzene rings is 1. The summed E-state index contributed by atoms with van der Waals surface area (Å²) in [6.07, 6.45) is 2.54. The Hall–Kier alpha value is -1.88. The summed E-state index contributed by atoms with van der Waals surface area (Å²) in [6, 6.07) is 8.26. The lowest BCUT2D eigenvalue weighted by Crippen LogP contribution is -2.44. The molecule has 0 aliphatic carbocycles. The molecule has 5 heteroatoms. The van der Waals surface area contributed by atoms with Crippen LogP contribution in [0.4, 0.5) is 0 Å². The summed E-state index contributed by atoms with van der Waals surface area (Å²) < 4.78 is 0. The molecule has 24 heavy (non-hydrogen) atoms. The maximum absolute atomic E-state index is 12.1. The van der Waals surface area contributed by atoms with Gasteiger partial charge in [0, 0.05) is 26.6 Å². The summed E-state index contributed by atoms with van der Waals surface area (Å²) in [5, 5.41) is 3.00. The Morgan fingerprint density at radius 3 is 2.50 bits per heavy atom. The standard InChI is InChI=1S/C19H29N3O2/c1-15-6-4-5-7-16(15)8-11-20-18(23)14-22-12-9-17(10-13-22)19(24)21(2)3/h4-7,17H,8-14H2,1-3H3,(H,20,23). The second-order valence-corrected chi connectivity index (χ2v) is 6.81. The third-order valence-electron chi connectivity index (χ3n) is 4.72. The highest BCUT2D eigenvalue weighted by molar-refractivity contribution is 5.79. The van der Waals surface area contributed by atoms with E-state index in [1.165, 1.54) is 11.1 Å². The van der Waals surface area contributed by atoms with Gasteiger partial charge < -0.3 is 10.2 Å². The Morgan fingerprint density at radius 1 is 1.21 bits per heavy atom. The molecule has 0 aromatic heterocycles. The molecule has 2 amide bonds. The van der Waals surface area contributed by atoms with Gasteiger partial charge >= 0.3 is 0 Å². The maximum Gasteiger partial charge on any atom is 0.234 e. The summed E-state index contributed by atoms with van der Waals surface area (Å²) in [5.41, 5.74) is 2.54. The van der Waals surface area contributed by atoms with E-state index in [1.807, 2.05) is 12.1 Å². The summed E-state index contributed by atoms with van der Waals surface area (Å²) in [6.45, 7) is 4.82. The number of hydrogen-bond acceptors (Lipinski definition) is 3. The molecule has 2 rings (SSSR count). The van der Waals surface area contributed by atoms with E-state index in [0.29, 0.717) is 13.1 Å². The van der Waals surface area contributed by atoms with Gasteiger partial charge in [-0.25, -0.2) is 0 Å². The molecule has 0 bridgehead atoms. The van der Waals surface area contributed by atoms with Crippen LogP contribution in [0.25, 0.3) is 0 Å². The van der Waals surface area contributed by atoms with Crippen LogP contribution in [0.1, 0.15) is 24.0 Å². The average molecular weight is 331 g/mol. The van der Waals surface area contributed by atoms with Crippen LogP contribution in [0.5, 0.6) is 0 Å². The van der Waals surface area contributed by atoms with Crippen molar-refractivity contribution in [2.24, 2.45) is 5.92 Å². The minimum Gasteiger partial charge on any atom is -0.355 e. The predicted octanol–water partition coefficient (Wildman–Crippen LogP) is 1.45. The van der Waals surface area contributed by atoms with Crippen LogP contribution >= 0.6 is 0 Å². The second-order valence-electron chi connectivity index (χ2n) is 6.81. The molecule has 1 aliphatic rings. The molecule has 1 aromatic carbocycles. The molecule has 132 valence electrons. The molecule has 0 saturated carbocycles. The minimum absolute atomic E-state index is 0.0703. The molecule has 1 aliphatic heterocycles. The molecule has 0 unspecified atom stereocenters. The predicted molar refractivity (Wildman–Crippen MR) is 95.8 cm³/mol. The Balaban J connectivity index is 1.67. The van der Waals surface area contributed by atoms with Gasteiger partial charge in [0.25, 0.3) is 0 Å². The smallest absolute Gasteiger partial charge is 0.234 e. The molecule has 1 heterocycles. The maximum atomic E-state index is 12.1. The zero-order valence-corrected chi connectivity index (χ0v) is 15.0. The van der Waals surface area contributed by atoms with Gasteiger partial charge in [0.1, 0.15) is 0 Å². The number of likely N-dealkylation sites (tertiary alicyclic amines) is 1. The lowest BCUT2D eigenvalue weighted by atomic mass is 9.95. The zero-order chi connectivity index (χ0) is 17.5. The lowest BCUT2D eigenvalue weighted by molar-refractivity contribution is -0.134. The SMILES string of the molecule is Cc1ccccc1CCNC(=O)CN1CCC(C(=O)N(C)C)CC1. The van der Waals surface area contributed by atoms with E-state index in [4.69, 9.17) is 0 Å². The number of carbonyl (C=O) groups excluding carboxylic acids is 2. The normalized spacial score (nSPS) is 16.0. The Morgan fingerprint density at radius 2 is 1.88 bits per heavy atom. The van der Waals surface area contributed by atoms with E-state index in [0.717, 1.165) is 32.4 Å². The molecule has 0 spiro atoms. The molecular weight excluding hydrogens is 302 g/mol. The molecule has 1 fully saturated rings. The van der Waals surface area contributed by atoms with Crippen LogP contribution in [0, 0.1) is 12.8 Å². The van der Waals surface area contributed by atoms with E-state index in [-0.39, 0.29) is 17.7 Å². The first kappa shape index (κ1) is 18.5. The zero-order valence-electron chi connectivity index (χ0n) is 15.0. The van der Waals surface area contributed by atoms with Crippen molar-refractivity contribution in [3.8, 4) is 0 Å². The van der Waals surface area contributed by atoms with Crippen LogP contribution < -0.4 is 5.32 Å². The topological polar surface area (TPSA) is 52.7 Å². The van der Waals surface area contributed by atoms with Crippen LogP contribution in [0.3, 0.4) is 0 Å². The van der Waals surface area contributed by atoms with Gasteiger partial charge in [-0.05, 0) is 50.4 Å². The molecule has 1 aromatic rings. The van der Waals surface area contributed by atoms with Crippen molar-refractivity contribution in [3.05, 3.63) is 35.4 Å². The second kappa shape index (κ2) is 8.83. The van der Waals surface area contributed by atoms with E-state index in [9.17, 15) is 9.59 Å². The van der Waals surface area contributed by atoms with Crippen molar-refractivity contribution >= 4 is 11.8 Å². The fourth-order valence-electron chi connectivity index (χ4n) is 3.19. The lowest BCUT2D eigenvalue weighted by Gasteiger charge is -2.31. The fourth-order valence-corrected chi connectivity index (χ4v) is 3.19.